The summed E-state index contributed by atoms with van der Waals surface area (Å²) in [6.07, 6.45) is 0. The average molecular weight is 332 g/mol. The molecule has 0 amide bonds. The molecule has 23 heavy (non-hydrogen) atoms. The lowest BCUT2D eigenvalue weighted by atomic mass is 10.1. The zero-order chi connectivity index (χ0) is 16.7. The number of likely N-dealkylation sites (N-methyl/N-ethyl adjacent to an activating group) is 1. The van der Waals surface area contributed by atoms with Gasteiger partial charge in [-0.2, -0.15) is 4.31 Å². The molecule has 0 spiro atoms. The number of benzene rings is 1. The Labute approximate surface area is 137 Å². The van der Waals surface area contributed by atoms with Crippen LogP contribution in [0.25, 0.3) is 0 Å². The van der Waals surface area contributed by atoms with E-state index >= 15 is 0 Å². The monoisotopic (exact) mass is 332 g/mol. The third-order valence-corrected chi connectivity index (χ3v) is 5.87. The summed E-state index contributed by atoms with van der Waals surface area (Å²) in [7, 11) is -1.96. The molecule has 2 aromatic rings. The molecule has 122 valence electrons. The maximum atomic E-state index is 12.7. The molecule has 0 radical (unpaired) electrons. The number of sulfonamides is 1. The molecule has 0 N–H and O–H groups in total. The molecule has 1 unspecified atom stereocenters. The first-order chi connectivity index (χ1) is 10.8. The number of aryl methyl sites for hydroxylation is 2. The lowest BCUT2D eigenvalue weighted by Crippen LogP contribution is -2.35. The van der Waals surface area contributed by atoms with Gasteiger partial charge in [-0.25, -0.2) is 8.42 Å². The SMILES string of the molecule is Cc1ccc(S(=O)(=O)N(C)CC2(c3cccc(C)n3)CO2)cc1. The van der Waals surface area contributed by atoms with Gasteiger partial charge in [0.2, 0.25) is 10.0 Å². The number of rotatable bonds is 5. The molecule has 2 heterocycles. The molecule has 3 rings (SSSR count). The van der Waals surface area contributed by atoms with Crippen molar-refractivity contribution in [2.24, 2.45) is 0 Å². The minimum absolute atomic E-state index is 0.250. The second-order valence-corrected chi connectivity index (χ2v) is 8.07. The lowest BCUT2D eigenvalue weighted by molar-refractivity contribution is 0.260. The molecule has 1 aromatic heterocycles. The number of nitrogens with zero attached hydrogens (tertiary/aromatic N) is 2. The summed E-state index contributed by atoms with van der Waals surface area (Å²) < 4.78 is 32.3. The van der Waals surface area contributed by atoms with E-state index in [1.165, 1.54) is 4.31 Å². The van der Waals surface area contributed by atoms with Gasteiger partial charge in [-0.3, -0.25) is 4.98 Å². The van der Waals surface area contributed by atoms with E-state index in [0.717, 1.165) is 17.0 Å². The summed E-state index contributed by atoms with van der Waals surface area (Å²) >= 11 is 0. The fraction of sp³-hybridized carbons (Fsp3) is 0.353. The molecule has 1 fully saturated rings. The summed E-state index contributed by atoms with van der Waals surface area (Å²) in [5.74, 6) is 0. The van der Waals surface area contributed by atoms with Crippen LogP contribution in [0.4, 0.5) is 0 Å². The highest BCUT2D eigenvalue weighted by Gasteiger charge is 2.50. The van der Waals surface area contributed by atoms with Crippen LogP contribution >= 0.6 is 0 Å². The fourth-order valence-corrected chi connectivity index (χ4v) is 3.76. The smallest absolute Gasteiger partial charge is 0.242 e. The highest BCUT2D eigenvalue weighted by atomic mass is 32.2. The van der Waals surface area contributed by atoms with Crippen LogP contribution < -0.4 is 0 Å². The third-order valence-electron chi connectivity index (χ3n) is 4.06. The molecule has 6 heteroatoms. The van der Waals surface area contributed by atoms with Gasteiger partial charge in [-0.1, -0.05) is 23.8 Å². The summed E-state index contributed by atoms with van der Waals surface area (Å²) in [6, 6.07) is 12.6. The van der Waals surface area contributed by atoms with Gasteiger partial charge >= 0.3 is 0 Å². The number of hydrogen-bond acceptors (Lipinski definition) is 4. The van der Waals surface area contributed by atoms with Crippen molar-refractivity contribution in [3.63, 3.8) is 0 Å². The van der Waals surface area contributed by atoms with Crippen LogP contribution in [0, 0.1) is 13.8 Å². The number of ether oxygens (including phenoxy) is 1. The Hall–Kier alpha value is -1.76. The standard InChI is InChI=1S/C17H20N2O3S/c1-13-7-9-15(10-8-13)23(20,21)19(3)11-17(12-22-17)16-6-4-5-14(2)18-16/h4-10H,11-12H2,1-3H3. The van der Waals surface area contributed by atoms with Crippen LogP contribution in [0.1, 0.15) is 17.0 Å². The van der Waals surface area contributed by atoms with Gasteiger partial charge in [-0.05, 0) is 38.1 Å². The maximum absolute atomic E-state index is 12.7. The molecular formula is C17H20N2O3S. The minimum Gasteiger partial charge on any atom is -0.361 e. The Morgan fingerprint density at radius 1 is 1.17 bits per heavy atom. The Morgan fingerprint density at radius 3 is 2.39 bits per heavy atom. The van der Waals surface area contributed by atoms with Crippen molar-refractivity contribution in [2.45, 2.75) is 24.3 Å². The topological polar surface area (TPSA) is 62.8 Å². The van der Waals surface area contributed by atoms with E-state index in [1.807, 2.05) is 32.0 Å². The van der Waals surface area contributed by atoms with Crippen LogP contribution in [0.3, 0.4) is 0 Å². The summed E-state index contributed by atoms with van der Waals surface area (Å²) in [5, 5.41) is 0. The maximum Gasteiger partial charge on any atom is 0.242 e. The molecule has 1 atom stereocenters. The Morgan fingerprint density at radius 2 is 1.83 bits per heavy atom. The predicted molar refractivity (Wildman–Crippen MR) is 87.6 cm³/mol. The van der Waals surface area contributed by atoms with Crippen molar-refractivity contribution in [1.29, 1.82) is 0 Å². The number of epoxide rings is 1. The Balaban J connectivity index is 1.84. The summed E-state index contributed by atoms with van der Waals surface area (Å²) in [5.41, 5.74) is 2.07. The molecule has 5 nitrogen and oxygen atoms in total. The van der Waals surface area contributed by atoms with Gasteiger partial charge in [0.1, 0.15) is 5.60 Å². The second-order valence-electron chi connectivity index (χ2n) is 6.02. The molecule has 0 aliphatic carbocycles. The number of pyridine rings is 1. The largest absolute Gasteiger partial charge is 0.361 e. The van der Waals surface area contributed by atoms with Crippen LogP contribution in [0.2, 0.25) is 0 Å². The lowest BCUT2D eigenvalue weighted by Gasteiger charge is -2.21. The average Bonchev–Trinajstić information content (AvgIpc) is 3.28. The van der Waals surface area contributed by atoms with Crippen molar-refractivity contribution >= 4 is 10.0 Å². The van der Waals surface area contributed by atoms with Crippen molar-refractivity contribution in [1.82, 2.24) is 9.29 Å². The van der Waals surface area contributed by atoms with Gasteiger partial charge in [0.05, 0.1) is 23.7 Å². The normalized spacial score (nSPS) is 20.7. The molecule has 0 bridgehead atoms. The predicted octanol–water partition coefficient (Wildman–Crippen LogP) is 2.24. The van der Waals surface area contributed by atoms with Crippen LogP contribution in [-0.2, 0) is 20.4 Å². The Bertz CT molecular complexity index is 812. The third kappa shape index (κ3) is 3.15. The van der Waals surface area contributed by atoms with E-state index < -0.39 is 15.6 Å². The summed E-state index contributed by atoms with van der Waals surface area (Å²) in [4.78, 5) is 4.77. The minimum atomic E-state index is -3.54. The number of aromatic nitrogens is 1. The second kappa shape index (κ2) is 5.70. The molecular weight excluding hydrogens is 312 g/mol. The fourth-order valence-electron chi connectivity index (χ4n) is 2.54. The van der Waals surface area contributed by atoms with Crippen molar-refractivity contribution in [2.75, 3.05) is 20.2 Å². The zero-order valence-electron chi connectivity index (χ0n) is 13.5. The van der Waals surface area contributed by atoms with E-state index in [9.17, 15) is 8.42 Å². The summed E-state index contributed by atoms with van der Waals surface area (Å²) in [6.45, 7) is 4.57. The van der Waals surface area contributed by atoms with E-state index in [-0.39, 0.29) is 6.54 Å². The highest BCUT2D eigenvalue weighted by molar-refractivity contribution is 7.89. The first-order valence-electron chi connectivity index (χ1n) is 7.45. The van der Waals surface area contributed by atoms with E-state index in [0.29, 0.717) is 11.5 Å². The molecule has 1 aromatic carbocycles. The quantitative estimate of drug-likeness (QED) is 0.788. The Kier molecular flexibility index (Phi) is 4.00. The van der Waals surface area contributed by atoms with Gasteiger partial charge in [0.25, 0.3) is 0 Å². The van der Waals surface area contributed by atoms with Gasteiger partial charge in [0, 0.05) is 12.7 Å². The molecule has 1 aliphatic rings. The van der Waals surface area contributed by atoms with E-state index in [2.05, 4.69) is 4.98 Å². The van der Waals surface area contributed by atoms with Gasteiger partial charge < -0.3 is 4.74 Å². The first kappa shape index (κ1) is 16.1. The first-order valence-corrected chi connectivity index (χ1v) is 8.89. The van der Waals surface area contributed by atoms with E-state index in [1.54, 1.807) is 31.3 Å². The van der Waals surface area contributed by atoms with Crippen LogP contribution in [0.15, 0.2) is 47.4 Å². The van der Waals surface area contributed by atoms with Crippen LogP contribution in [0.5, 0.6) is 0 Å². The molecule has 1 saturated heterocycles. The van der Waals surface area contributed by atoms with Crippen molar-refractivity contribution in [3.8, 4) is 0 Å². The van der Waals surface area contributed by atoms with Gasteiger partial charge in [-0.15, -0.1) is 0 Å². The molecule has 1 aliphatic heterocycles. The van der Waals surface area contributed by atoms with Crippen LogP contribution in [-0.4, -0.2) is 37.9 Å². The molecule has 0 saturated carbocycles. The van der Waals surface area contributed by atoms with Gasteiger partial charge in [0.15, 0.2) is 0 Å². The number of hydrogen-bond donors (Lipinski definition) is 0. The zero-order valence-corrected chi connectivity index (χ0v) is 14.3. The highest BCUT2D eigenvalue weighted by Crippen LogP contribution is 2.39. The van der Waals surface area contributed by atoms with Crippen molar-refractivity contribution in [3.05, 3.63) is 59.4 Å². The van der Waals surface area contributed by atoms with Crippen molar-refractivity contribution < 1.29 is 13.2 Å². The van der Waals surface area contributed by atoms with E-state index in [4.69, 9.17) is 4.74 Å².